The van der Waals surface area contributed by atoms with Crippen LogP contribution in [0.3, 0.4) is 0 Å². The Morgan fingerprint density at radius 1 is 1.21 bits per heavy atom. The predicted molar refractivity (Wildman–Crippen MR) is 81.6 cm³/mol. The van der Waals surface area contributed by atoms with Crippen LogP contribution in [0.15, 0.2) is 41.3 Å². The van der Waals surface area contributed by atoms with Gasteiger partial charge in [-0.3, -0.25) is 14.4 Å². The number of nitrogens with zero attached hydrogens (tertiary/aromatic N) is 1. The Hall–Kier alpha value is -3.03. The molecule has 0 spiro atoms. The highest BCUT2D eigenvalue weighted by Gasteiger charge is 2.34. The third kappa shape index (κ3) is 3.03. The number of halogens is 2. The Bertz CT molecular complexity index is 845. The maximum Gasteiger partial charge on any atom is 0.251 e. The minimum absolute atomic E-state index is 0.0500. The molecule has 2 N–H and O–H groups in total. The van der Waals surface area contributed by atoms with Crippen LogP contribution in [-0.4, -0.2) is 29.4 Å². The Balaban J connectivity index is 1.76. The molecule has 2 amide bonds. The average Bonchev–Trinajstić information content (AvgIpc) is 2.87. The fraction of sp³-hybridized carbons (Fsp3) is 0.188. The molecule has 1 aliphatic rings. The van der Waals surface area contributed by atoms with Gasteiger partial charge in [-0.25, -0.2) is 8.78 Å². The molecule has 124 valence electrons. The third-order valence-corrected chi connectivity index (χ3v) is 3.70. The molecular formula is C16H13F2N3O3. The van der Waals surface area contributed by atoms with Gasteiger partial charge in [0, 0.05) is 30.8 Å². The molecular weight excluding hydrogens is 320 g/mol. The maximum atomic E-state index is 13.8. The smallest absolute Gasteiger partial charge is 0.251 e. The van der Waals surface area contributed by atoms with Gasteiger partial charge in [-0.05, 0) is 18.2 Å². The number of pyridine rings is 1. The number of nitrogens with one attached hydrogen (secondary N) is 2. The Morgan fingerprint density at radius 2 is 1.92 bits per heavy atom. The molecule has 0 radical (unpaired) electrons. The minimum Gasteiger partial charge on any atom is -0.347 e. The van der Waals surface area contributed by atoms with Crippen molar-refractivity contribution in [2.24, 2.45) is 0 Å². The van der Waals surface area contributed by atoms with Gasteiger partial charge in [-0.2, -0.15) is 0 Å². The van der Waals surface area contributed by atoms with E-state index in [-0.39, 0.29) is 18.5 Å². The summed E-state index contributed by atoms with van der Waals surface area (Å²) in [4.78, 5) is 38.7. The molecule has 1 aromatic heterocycles. The number of para-hydroxylation sites is 1. The van der Waals surface area contributed by atoms with Crippen molar-refractivity contribution < 1.29 is 18.4 Å². The lowest BCUT2D eigenvalue weighted by Gasteiger charge is -2.18. The molecule has 1 fully saturated rings. The van der Waals surface area contributed by atoms with Gasteiger partial charge in [-0.15, -0.1) is 0 Å². The van der Waals surface area contributed by atoms with E-state index in [2.05, 4.69) is 10.3 Å². The van der Waals surface area contributed by atoms with Crippen LogP contribution in [0.1, 0.15) is 16.8 Å². The van der Waals surface area contributed by atoms with E-state index < -0.39 is 40.7 Å². The standard InChI is InChI=1S/C16H13F2N3O3/c17-11-2-1-3-12(18)15(11)21-8-10(7-14(21)23)20-16(24)9-4-5-19-13(22)6-9/h1-6,10H,7-8H2,(H,19,22)(H,20,24)/t10-/m1/s1. The number of aromatic nitrogens is 1. The first-order valence-corrected chi connectivity index (χ1v) is 7.19. The van der Waals surface area contributed by atoms with Gasteiger partial charge < -0.3 is 15.2 Å². The average molecular weight is 333 g/mol. The molecule has 24 heavy (non-hydrogen) atoms. The van der Waals surface area contributed by atoms with Crippen LogP contribution in [0.2, 0.25) is 0 Å². The molecule has 0 unspecified atom stereocenters. The molecule has 8 heteroatoms. The van der Waals surface area contributed by atoms with E-state index in [1.165, 1.54) is 18.3 Å². The van der Waals surface area contributed by atoms with E-state index in [4.69, 9.17) is 0 Å². The largest absolute Gasteiger partial charge is 0.347 e. The topological polar surface area (TPSA) is 82.3 Å². The minimum atomic E-state index is -0.843. The molecule has 0 aliphatic carbocycles. The van der Waals surface area contributed by atoms with Gasteiger partial charge in [0.1, 0.15) is 17.3 Å². The highest BCUT2D eigenvalue weighted by atomic mass is 19.1. The van der Waals surface area contributed by atoms with E-state index in [9.17, 15) is 23.2 Å². The first-order valence-electron chi connectivity index (χ1n) is 7.19. The number of hydrogen-bond donors (Lipinski definition) is 2. The summed E-state index contributed by atoms with van der Waals surface area (Å²) < 4.78 is 27.6. The molecule has 1 atom stereocenters. The van der Waals surface area contributed by atoms with E-state index in [0.29, 0.717) is 0 Å². The lowest BCUT2D eigenvalue weighted by molar-refractivity contribution is -0.117. The summed E-state index contributed by atoms with van der Waals surface area (Å²) in [6, 6.07) is 5.27. The number of carbonyl (C=O) groups is 2. The van der Waals surface area contributed by atoms with Crippen molar-refractivity contribution >= 4 is 17.5 Å². The number of carbonyl (C=O) groups excluding carboxylic acids is 2. The number of amides is 2. The molecule has 2 aromatic rings. The lowest BCUT2D eigenvalue weighted by Crippen LogP contribution is -2.37. The van der Waals surface area contributed by atoms with Crippen LogP contribution in [0.4, 0.5) is 14.5 Å². The van der Waals surface area contributed by atoms with E-state index in [1.54, 1.807) is 0 Å². The molecule has 0 bridgehead atoms. The van der Waals surface area contributed by atoms with Crippen molar-refractivity contribution in [3.05, 3.63) is 64.1 Å². The molecule has 0 saturated carbocycles. The van der Waals surface area contributed by atoms with E-state index in [1.807, 2.05) is 0 Å². The molecule has 1 aromatic carbocycles. The zero-order valence-electron chi connectivity index (χ0n) is 12.4. The molecule has 3 rings (SSSR count). The van der Waals surface area contributed by atoms with Crippen LogP contribution in [0.5, 0.6) is 0 Å². The zero-order chi connectivity index (χ0) is 17.3. The fourth-order valence-corrected chi connectivity index (χ4v) is 2.62. The van der Waals surface area contributed by atoms with Crippen LogP contribution < -0.4 is 15.8 Å². The van der Waals surface area contributed by atoms with Gasteiger partial charge in [0.25, 0.3) is 5.91 Å². The van der Waals surface area contributed by atoms with Crippen LogP contribution in [-0.2, 0) is 4.79 Å². The van der Waals surface area contributed by atoms with Gasteiger partial charge >= 0.3 is 0 Å². The van der Waals surface area contributed by atoms with Crippen molar-refractivity contribution in [1.82, 2.24) is 10.3 Å². The van der Waals surface area contributed by atoms with Crippen molar-refractivity contribution in [2.75, 3.05) is 11.4 Å². The Kier molecular flexibility index (Phi) is 4.11. The SMILES string of the molecule is O=C(N[C@@H]1CC(=O)N(c2c(F)cccc2F)C1)c1cc[nH]c(=O)c1. The summed E-state index contributed by atoms with van der Waals surface area (Å²) in [6.45, 7) is -0.0500. The maximum absolute atomic E-state index is 13.8. The van der Waals surface area contributed by atoms with Gasteiger partial charge in [0.15, 0.2) is 0 Å². The quantitative estimate of drug-likeness (QED) is 0.885. The summed E-state index contributed by atoms with van der Waals surface area (Å²) in [5, 5.41) is 2.59. The summed E-state index contributed by atoms with van der Waals surface area (Å²) in [6.07, 6.45) is 1.25. The predicted octanol–water partition coefficient (Wildman–Crippen LogP) is 1.19. The zero-order valence-corrected chi connectivity index (χ0v) is 12.4. The second kappa shape index (κ2) is 6.23. The van der Waals surface area contributed by atoms with Gasteiger partial charge in [0.2, 0.25) is 11.5 Å². The number of aromatic amines is 1. The van der Waals surface area contributed by atoms with Crippen LogP contribution in [0, 0.1) is 11.6 Å². The van der Waals surface area contributed by atoms with Crippen molar-refractivity contribution in [3.8, 4) is 0 Å². The Morgan fingerprint density at radius 3 is 2.58 bits per heavy atom. The number of benzene rings is 1. The number of H-pyrrole nitrogens is 1. The van der Waals surface area contributed by atoms with Crippen molar-refractivity contribution in [1.29, 1.82) is 0 Å². The normalized spacial score (nSPS) is 17.2. The van der Waals surface area contributed by atoms with Crippen LogP contribution in [0.25, 0.3) is 0 Å². The van der Waals surface area contributed by atoms with Crippen molar-refractivity contribution in [2.45, 2.75) is 12.5 Å². The van der Waals surface area contributed by atoms with Gasteiger partial charge in [-0.1, -0.05) is 6.07 Å². The number of anilines is 1. The monoisotopic (exact) mass is 333 g/mol. The first-order chi connectivity index (χ1) is 11.5. The summed E-state index contributed by atoms with van der Waals surface area (Å²) in [5.74, 6) is -2.71. The summed E-state index contributed by atoms with van der Waals surface area (Å²) >= 11 is 0. The third-order valence-electron chi connectivity index (χ3n) is 3.70. The molecule has 2 heterocycles. The lowest BCUT2D eigenvalue weighted by atomic mass is 10.2. The van der Waals surface area contributed by atoms with Gasteiger partial charge in [0.05, 0.1) is 6.04 Å². The van der Waals surface area contributed by atoms with E-state index >= 15 is 0 Å². The highest BCUT2D eigenvalue weighted by Crippen LogP contribution is 2.27. The highest BCUT2D eigenvalue weighted by molar-refractivity contribution is 5.99. The van der Waals surface area contributed by atoms with Crippen LogP contribution >= 0.6 is 0 Å². The van der Waals surface area contributed by atoms with E-state index in [0.717, 1.165) is 23.1 Å². The van der Waals surface area contributed by atoms with Crippen molar-refractivity contribution in [3.63, 3.8) is 0 Å². The second-order valence-corrected chi connectivity index (χ2v) is 5.39. The summed E-state index contributed by atoms with van der Waals surface area (Å²) in [7, 11) is 0. The fourth-order valence-electron chi connectivity index (χ4n) is 2.62. The number of hydrogen-bond acceptors (Lipinski definition) is 3. The Labute approximate surface area is 135 Å². The number of rotatable bonds is 3. The molecule has 6 nitrogen and oxygen atoms in total. The second-order valence-electron chi connectivity index (χ2n) is 5.39. The molecule has 1 saturated heterocycles. The summed E-state index contributed by atoms with van der Waals surface area (Å²) in [5.41, 5.74) is -0.711. The molecule has 1 aliphatic heterocycles. The first kappa shape index (κ1) is 15.9.